The number of aromatic carboxylic acids is 1. The molecule has 2 aromatic carbocycles. The molecule has 0 spiro atoms. The van der Waals surface area contributed by atoms with Crippen molar-refractivity contribution in [2.45, 2.75) is 13.0 Å². The zero-order valence-corrected chi connectivity index (χ0v) is 13.4. The average Bonchev–Trinajstić information content (AvgIpc) is 3.05. The lowest BCUT2D eigenvalue weighted by atomic mass is 10.1. The minimum absolute atomic E-state index is 0.209. The normalized spacial score (nSPS) is 17.2. The zero-order valence-electron chi connectivity index (χ0n) is 13.4. The number of nitrogens with zero attached hydrogens (tertiary/aromatic N) is 1. The van der Waals surface area contributed by atoms with Crippen molar-refractivity contribution in [3.63, 3.8) is 0 Å². The molecule has 4 nitrogen and oxygen atoms in total. The molecule has 1 aliphatic rings. The lowest BCUT2D eigenvalue weighted by Gasteiger charge is -2.19. The van der Waals surface area contributed by atoms with Crippen LogP contribution in [0.4, 0.5) is 10.1 Å². The molecular weight excluding hydrogens is 307 g/mol. The van der Waals surface area contributed by atoms with E-state index in [1.165, 1.54) is 12.1 Å². The second-order valence-electron chi connectivity index (χ2n) is 6.21. The Morgan fingerprint density at radius 2 is 2.04 bits per heavy atom. The number of halogens is 1. The summed E-state index contributed by atoms with van der Waals surface area (Å²) in [6.45, 7) is 3.48. The Bertz CT molecular complexity index is 703. The molecule has 0 bridgehead atoms. The molecule has 0 amide bonds. The van der Waals surface area contributed by atoms with Gasteiger partial charge in [0.1, 0.15) is 5.82 Å². The Labute approximate surface area is 140 Å². The first-order valence-corrected chi connectivity index (χ1v) is 8.15. The van der Waals surface area contributed by atoms with Gasteiger partial charge >= 0.3 is 5.97 Å². The number of anilines is 1. The Balaban J connectivity index is 1.47. The highest BCUT2D eigenvalue weighted by Gasteiger charge is 2.22. The van der Waals surface area contributed by atoms with Crippen LogP contribution in [0.15, 0.2) is 48.5 Å². The van der Waals surface area contributed by atoms with Gasteiger partial charge in [-0.15, -0.1) is 0 Å². The molecule has 2 N–H and O–H groups in total. The molecular formula is C19H21FN2O2. The van der Waals surface area contributed by atoms with E-state index >= 15 is 0 Å². The van der Waals surface area contributed by atoms with Gasteiger partial charge in [-0.1, -0.05) is 12.1 Å². The summed E-state index contributed by atoms with van der Waals surface area (Å²) in [5.41, 5.74) is 2.36. The lowest BCUT2D eigenvalue weighted by molar-refractivity contribution is 0.0696. The molecule has 0 aromatic heterocycles. The molecule has 3 rings (SSSR count). The van der Waals surface area contributed by atoms with Gasteiger partial charge in [-0.3, -0.25) is 0 Å². The molecule has 126 valence electrons. The van der Waals surface area contributed by atoms with Crippen LogP contribution in [0.3, 0.4) is 0 Å². The van der Waals surface area contributed by atoms with Crippen LogP contribution in [0, 0.1) is 11.7 Å². The van der Waals surface area contributed by atoms with Crippen LogP contribution in [0.2, 0.25) is 0 Å². The van der Waals surface area contributed by atoms with E-state index in [1.54, 1.807) is 18.2 Å². The molecule has 0 radical (unpaired) electrons. The van der Waals surface area contributed by atoms with Crippen molar-refractivity contribution in [1.29, 1.82) is 0 Å². The third-order valence-electron chi connectivity index (χ3n) is 4.41. The SMILES string of the molecule is O=C(O)c1cccc(CNCC2CCN(c3ccc(F)cc3)C2)c1. The van der Waals surface area contributed by atoms with E-state index in [0.29, 0.717) is 18.0 Å². The van der Waals surface area contributed by atoms with Crippen molar-refractivity contribution in [1.82, 2.24) is 5.32 Å². The van der Waals surface area contributed by atoms with Crippen LogP contribution in [-0.2, 0) is 6.54 Å². The van der Waals surface area contributed by atoms with Crippen LogP contribution in [0.25, 0.3) is 0 Å². The third-order valence-corrected chi connectivity index (χ3v) is 4.41. The molecule has 1 unspecified atom stereocenters. The second-order valence-corrected chi connectivity index (χ2v) is 6.21. The van der Waals surface area contributed by atoms with Gasteiger partial charge < -0.3 is 15.3 Å². The first-order chi connectivity index (χ1) is 11.6. The average molecular weight is 328 g/mol. The summed E-state index contributed by atoms with van der Waals surface area (Å²) in [6.07, 6.45) is 1.10. The molecule has 0 aliphatic carbocycles. The number of hydrogen-bond acceptors (Lipinski definition) is 3. The van der Waals surface area contributed by atoms with Crippen molar-refractivity contribution in [3.05, 3.63) is 65.5 Å². The smallest absolute Gasteiger partial charge is 0.335 e. The Morgan fingerprint density at radius 1 is 1.25 bits per heavy atom. The summed E-state index contributed by atoms with van der Waals surface area (Å²) in [5, 5.41) is 12.4. The van der Waals surface area contributed by atoms with Crippen LogP contribution >= 0.6 is 0 Å². The van der Waals surface area contributed by atoms with E-state index in [9.17, 15) is 9.18 Å². The predicted molar refractivity (Wildman–Crippen MR) is 91.8 cm³/mol. The minimum atomic E-state index is -0.900. The minimum Gasteiger partial charge on any atom is -0.478 e. The molecule has 1 fully saturated rings. The van der Waals surface area contributed by atoms with Crippen molar-refractivity contribution in [2.75, 3.05) is 24.5 Å². The molecule has 0 saturated carbocycles. The Kier molecular flexibility index (Phi) is 5.11. The van der Waals surface area contributed by atoms with E-state index in [4.69, 9.17) is 5.11 Å². The van der Waals surface area contributed by atoms with Crippen LogP contribution in [0.5, 0.6) is 0 Å². The summed E-state index contributed by atoms with van der Waals surface area (Å²) < 4.78 is 13.0. The van der Waals surface area contributed by atoms with Gasteiger partial charge in [-0.05, 0) is 54.3 Å². The van der Waals surface area contributed by atoms with Gasteiger partial charge in [0.05, 0.1) is 5.56 Å². The highest BCUT2D eigenvalue weighted by Crippen LogP contribution is 2.23. The quantitative estimate of drug-likeness (QED) is 0.855. The number of carboxylic acids is 1. The zero-order chi connectivity index (χ0) is 16.9. The first-order valence-electron chi connectivity index (χ1n) is 8.15. The highest BCUT2D eigenvalue weighted by atomic mass is 19.1. The summed E-state index contributed by atoms with van der Waals surface area (Å²) >= 11 is 0. The van der Waals surface area contributed by atoms with E-state index in [0.717, 1.165) is 37.3 Å². The predicted octanol–water partition coefficient (Wildman–Crippen LogP) is 3.14. The number of hydrogen-bond donors (Lipinski definition) is 2. The summed E-state index contributed by atoms with van der Waals surface area (Å²) in [4.78, 5) is 13.3. The maximum Gasteiger partial charge on any atom is 0.335 e. The molecule has 5 heteroatoms. The molecule has 2 aromatic rings. The lowest BCUT2D eigenvalue weighted by Crippen LogP contribution is -2.26. The van der Waals surface area contributed by atoms with E-state index in [1.807, 2.05) is 18.2 Å². The monoisotopic (exact) mass is 328 g/mol. The first kappa shape index (κ1) is 16.5. The maximum atomic E-state index is 13.0. The highest BCUT2D eigenvalue weighted by molar-refractivity contribution is 5.87. The fourth-order valence-electron chi connectivity index (χ4n) is 3.12. The fourth-order valence-corrected chi connectivity index (χ4v) is 3.12. The Morgan fingerprint density at radius 3 is 2.79 bits per heavy atom. The van der Waals surface area contributed by atoms with Gasteiger partial charge in [0.15, 0.2) is 0 Å². The fraction of sp³-hybridized carbons (Fsp3) is 0.316. The standard InChI is InChI=1S/C19H21FN2O2/c20-17-4-6-18(7-5-17)22-9-8-15(13-22)12-21-11-14-2-1-3-16(10-14)19(23)24/h1-7,10,15,21H,8-9,11-13H2,(H,23,24). The molecule has 1 atom stereocenters. The molecule has 1 saturated heterocycles. The van der Waals surface area contributed by atoms with Gasteiger partial charge in [-0.2, -0.15) is 0 Å². The van der Waals surface area contributed by atoms with Crippen molar-refractivity contribution in [2.24, 2.45) is 5.92 Å². The number of carbonyl (C=O) groups is 1. The molecule has 1 heterocycles. The van der Waals surface area contributed by atoms with E-state index in [-0.39, 0.29) is 5.82 Å². The second kappa shape index (κ2) is 7.45. The van der Waals surface area contributed by atoms with Crippen LogP contribution in [-0.4, -0.2) is 30.7 Å². The van der Waals surface area contributed by atoms with Crippen LogP contribution < -0.4 is 10.2 Å². The van der Waals surface area contributed by atoms with E-state index < -0.39 is 5.97 Å². The van der Waals surface area contributed by atoms with Gasteiger partial charge in [0.2, 0.25) is 0 Å². The molecule has 24 heavy (non-hydrogen) atoms. The largest absolute Gasteiger partial charge is 0.478 e. The maximum absolute atomic E-state index is 13.0. The molecule has 1 aliphatic heterocycles. The van der Waals surface area contributed by atoms with Crippen molar-refractivity contribution < 1.29 is 14.3 Å². The van der Waals surface area contributed by atoms with Crippen LogP contribution in [0.1, 0.15) is 22.3 Å². The van der Waals surface area contributed by atoms with Gasteiger partial charge in [-0.25, -0.2) is 9.18 Å². The van der Waals surface area contributed by atoms with Crippen molar-refractivity contribution >= 4 is 11.7 Å². The summed E-state index contributed by atoms with van der Waals surface area (Å²) in [6, 6.07) is 13.6. The van der Waals surface area contributed by atoms with Crippen molar-refractivity contribution in [3.8, 4) is 0 Å². The summed E-state index contributed by atoms with van der Waals surface area (Å²) in [7, 11) is 0. The number of benzene rings is 2. The van der Waals surface area contributed by atoms with Gasteiger partial charge in [0, 0.05) is 31.9 Å². The Hall–Kier alpha value is -2.40. The number of rotatable bonds is 6. The topological polar surface area (TPSA) is 52.6 Å². The number of nitrogens with one attached hydrogen (secondary N) is 1. The third kappa shape index (κ3) is 4.11. The van der Waals surface area contributed by atoms with Gasteiger partial charge in [0.25, 0.3) is 0 Å². The number of carboxylic acid groups (broad SMARTS) is 1. The summed E-state index contributed by atoms with van der Waals surface area (Å²) in [5.74, 6) is -0.569. The van der Waals surface area contributed by atoms with E-state index in [2.05, 4.69) is 10.2 Å².